The normalized spacial score (nSPS) is 10.7. The highest BCUT2D eigenvalue weighted by Gasteiger charge is 2.31. The molecule has 0 atom stereocenters. The van der Waals surface area contributed by atoms with Gasteiger partial charge in [-0.05, 0) is 35.9 Å². The zero-order valence-electron chi connectivity index (χ0n) is 15.5. The highest BCUT2D eigenvalue weighted by atomic mass is 32.1. The molecule has 2 aromatic carbocycles. The van der Waals surface area contributed by atoms with Gasteiger partial charge in [0, 0.05) is 18.2 Å². The van der Waals surface area contributed by atoms with Crippen molar-refractivity contribution in [2.75, 3.05) is 5.32 Å². The number of rotatable bonds is 4. The first-order valence-corrected chi connectivity index (χ1v) is 9.31. The predicted molar refractivity (Wildman–Crippen MR) is 105 cm³/mol. The number of fused-ring (bicyclic) bond motifs is 1. The monoisotopic (exact) mass is 422 g/mol. The van der Waals surface area contributed by atoms with Crippen LogP contribution in [0.1, 0.15) is 35.3 Å². The Morgan fingerprint density at radius 2 is 2.00 bits per heavy atom. The van der Waals surface area contributed by atoms with E-state index in [1.165, 1.54) is 30.3 Å². The van der Waals surface area contributed by atoms with Crippen molar-refractivity contribution in [3.8, 4) is 11.8 Å². The molecule has 1 heterocycles. The Labute approximate surface area is 168 Å². The van der Waals surface area contributed by atoms with Gasteiger partial charge in [-0.15, -0.1) is 13.2 Å². The highest BCUT2D eigenvalue weighted by molar-refractivity contribution is 7.22. The van der Waals surface area contributed by atoms with E-state index in [0.717, 1.165) is 17.4 Å². The van der Waals surface area contributed by atoms with Crippen molar-refractivity contribution in [1.29, 1.82) is 5.26 Å². The standard InChI is InChI=1S/C17H11F3N4O2S.C2H6/c18-17(19,20)26-11-2-4-13-14(6-11)27-16(23-13)24-15(25)12-3-1-9(7-21)5-10(12)8-22;1-2/h1-6H,8,22H2,(H,23,24,25);1-2H3. The van der Waals surface area contributed by atoms with Gasteiger partial charge < -0.3 is 10.5 Å². The number of nitriles is 1. The minimum atomic E-state index is -4.79. The third-order valence-corrected chi connectivity index (χ3v) is 4.45. The molecule has 0 fully saturated rings. The van der Waals surface area contributed by atoms with E-state index in [4.69, 9.17) is 11.0 Å². The number of amides is 1. The molecule has 0 bridgehead atoms. The van der Waals surface area contributed by atoms with Gasteiger partial charge in [0.15, 0.2) is 5.13 Å². The molecule has 3 N–H and O–H groups in total. The Morgan fingerprint density at radius 1 is 1.28 bits per heavy atom. The second kappa shape index (κ2) is 9.36. The Balaban J connectivity index is 0.00000145. The molecule has 1 amide bonds. The largest absolute Gasteiger partial charge is 0.573 e. The SMILES string of the molecule is CC.N#Cc1ccc(C(=O)Nc2nc3ccc(OC(F)(F)F)cc3s2)c(CN)c1. The first-order valence-electron chi connectivity index (χ1n) is 8.50. The molecule has 1 aromatic heterocycles. The summed E-state index contributed by atoms with van der Waals surface area (Å²) >= 11 is 1.01. The molecule has 0 saturated heterocycles. The van der Waals surface area contributed by atoms with Crippen molar-refractivity contribution in [3.63, 3.8) is 0 Å². The average Bonchev–Trinajstić information content (AvgIpc) is 3.09. The molecule has 29 heavy (non-hydrogen) atoms. The van der Waals surface area contributed by atoms with E-state index in [0.29, 0.717) is 21.3 Å². The van der Waals surface area contributed by atoms with E-state index in [9.17, 15) is 18.0 Å². The topological polar surface area (TPSA) is 101 Å². The van der Waals surface area contributed by atoms with Crippen molar-refractivity contribution in [1.82, 2.24) is 4.98 Å². The zero-order chi connectivity index (χ0) is 21.6. The van der Waals surface area contributed by atoms with Gasteiger partial charge in [0.1, 0.15) is 5.75 Å². The maximum absolute atomic E-state index is 12.5. The molecule has 0 aliphatic heterocycles. The average molecular weight is 422 g/mol. The van der Waals surface area contributed by atoms with Crippen molar-refractivity contribution in [3.05, 3.63) is 53.1 Å². The summed E-state index contributed by atoms with van der Waals surface area (Å²) in [6, 6.07) is 10.2. The molecule has 10 heteroatoms. The van der Waals surface area contributed by atoms with Crippen LogP contribution >= 0.6 is 11.3 Å². The summed E-state index contributed by atoms with van der Waals surface area (Å²) in [5, 5.41) is 11.7. The number of carbonyl (C=O) groups excluding carboxylic acids is 1. The molecular weight excluding hydrogens is 405 g/mol. The van der Waals surface area contributed by atoms with E-state index in [1.54, 1.807) is 0 Å². The summed E-state index contributed by atoms with van der Waals surface area (Å²) in [4.78, 5) is 16.6. The number of aromatic nitrogens is 1. The number of nitrogens with two attached hydrogens (primary N) is 1. The fourth-order valence-electron chi connectivity index (χ4n) is 2.37. The van der Waals surface area contributed by atoms with Crippen LogP contribution in [0.15, 0.2) is 36.4 Å². The molecule has 6 nitrogen and oxygen atoms in total. The molecular formula is C19H17F3N4O2S. The lowest BCUT2D eigenvalue weighted by Crippen LogP contribution is -2.16. The van der Waals surface area contributed by atoms with Crippen molar-refractivity contribution in [2.24, 2.45) is 5.73 Å². The van der Waals surface area contributed by atoms with E-state index < -0.39 is 12.3 Å². The third kappa shape index (κ3) is 5.66. The predicted octanol–water partition coefficient (Wildman–Crippen LogP) is 4.80. The first-order chi connectivity index (χ1) is 13.8. The van der Waals surface area contributed by atoms with Crippen molar-refractivity contribution in [2.45, 2.75) is 26.8 Å². The number of alkyl halides is 3. The minimum Gasteiger partial charge on any atom is -0.406 e. The van der Waals surface area contributed by atoms with E-state index in [1.807, 2.05) is 19.9 Å². The fraction of sp³-hybridized carbons (Fsp3) is 0.211. The number of halogens is 3. The summed E-state index contributed by atoms with van der Waals surface area (Å²) in [7, 11) is 0. The number of ether oxygens (including phenoxy) is 1. The zero-order valence-corrected chi connectivity index (χ0v) is 16.3. The number of carbonyl (C=O) groups is 1. The van der Waals surface area contributed by atoms with E-state index in [-0.39, 0.29) is 23.0 Å². The lowest BCUT2D eigenvalue weighted by atomic mass is 10.0. The maximum atomic E-state index is 12.5. The van der Waals surface area contributed by atoms with Gasteiger partial charge in [0.25, 0.3) is 5.91 Å². The summed E-state index contributed by atoms with van der Waals surface area (Å²) in [6.07, 6.45) is -4.79. The molecule has 152 valence electrons. The number of nitrogens with one attached hydrogen (secondary N) is 1. The number of hydrogen-bond acceptors (Lipinski definition) is 6. The Kier molecular flexibility index (Phi) is 7.14. The number of thiazole rings is 1. The summed E-state index contributed by atoms with van der Waals surface area (Å²) < 4.78 is 41.2. The van der Waals surface area contributed by atoms with Crippen LogP contribution in [0.2, 0.25) is 0 Å². The number of nitrogens with zero attached hydrogens (tertiary/aromatic N) is 2. The second-order valence-electron chi connectivity index (χ2n) is 5.34. The number of anilines is 1. The van der Waals surface area contributed by atoms with Gasteiger partial charge in [0.05, 0.1) is 21.8 Å². The maximum Gasteiger partial charge on any atom is 0.573 e. The van der Waals surface area contributed by atoms with E-state index in [2.05, 4.69) is 15.0 Å². The molecule has 0 spiro atoms. The molecule has 0 aliphatic rings. The van der Waals surface area contributed by atoms with Crippen LogP contribution in [0.5, 0.6) is 5.75 Å². The summed E-state index contributed by atoms with van der Waals surface area (Å²) in [5.74, 6) is -0.847. The number of benzene rings is 2. The smallest absolute Gasteiger partial charge is 0.406 e. The van der Waals surface area contributed by atoms with E-state index >= 15 is 0 Å². The Bertz CT molecular complexity index is 1060. The fourth-order valence-corrected chi connectivity index (χ4v) is 3.26. The summed E-state index contributed by atoms with van der Waals surface area (Å²) in [6.45, 7) is 4.07. The van der Waals surface area contributed by atoms with Crippen LogP contribution in [0.3, 0.4) is 0 Å². The van der Waals surface area contributed by atoms with Crippen LogP contribution in [0.4, 0.5) is 18.3 Å². The second-order valence-corrected chi connectivity index (χ2v) is 6.37. The molecule has 0 unspecified atom stereocenters. The van der Waals surface area contributed by atoms with Gasteiger partial charge in [-0.3, -0.25) is 10.1 Å². The third-order valence-electron chi connectivity index (χ3n) is 3.51. The van der Waals surface area contributed by atoms with Gasteiger partial charge in [0.2, 0.25) is 0 Å². The van der Waals surface area contributed by atoms with Crippen LogP contribution < -0.4 is 15.8 Å². The Morgan fingerprint density at radius 3 is 2.62 bits per heavy atom. The van der Waals surface area contributed by atoms with Crippen LogP contribution in [0, 0.1) is 11.3 Å². The molecule has 0 saturated carbocycles. The summed E-state index contributed by atoms with van der Waals surface area (Å²) in [5.41, 5.74) is 7.21. The van der Waals surface area contributed by atoms with Crippen molar-refractivity contribution >= 4 is 32.6 Å². The lowest BCUT2D eigenvalue weighted by molar-refractivity contribution is -0.274. The van der Waals surface area contributed by atoms with Gasteiger partial charge in [-0.25, -0.2) is 4.98 Å². The van der Waals surface area contributed by atoms with Crippen LogP contribution in [-0.2, 0) is 6.54 Å². The van der Waals surface area contributed by atoms with Gasteiger partial charge in [-0.1, -0.05) is 25.2 Å². The van der Waals surface area contributed by atoms with Crippen LogP contribution in [0.25, 0.3) is 10.2 Å². The van der Waals surface area contributed by atoms with Crippen LogP contribution in [-0.4, -0.2) is 17.3 Å². The quantitative estimate of drug-likeness (QED) is 0.629. The molecule has 0 aliphatic carbocycles. The molecule has 0 radical (unpaired) electrons. The minimum absolute atomic E-state index is 0.0657. The lowest BCUT2D eigenvalue weighted by Gasteiger charge is -2.07. The molecule has 3 aromatic rings. The number of hydrogen-bond donors (Lipinski definition) is 2. The first kappa shape index (κ1) is 22.1. The highest BCUT2D eigenvalue weighted by Crippen LogP contribution is 2.31. The molecule has 3 rings (SSSR count). The van der Waals surface area contributed by atoms with Gasteiger partial charge in [-0.2, -0.15) is 5.26 Å². The van der Waals surface area contributed by atoms with Crippen molar-refractivity contribution < 1.29 is 22.7 Å². The van der Waals surface area contributed by atoms with Gasteiger partial charge >= 0.3 is 6.36 Å². The Hall–Kier alpha value is -3.16.